The number of hydrogen-bond acceptors (Lipinski definition) is 4. The number of hydrogen-bond donors (Lipinski definition) is 1. The number of nitrogens with one attached hydrogen (secondary N) is 1. The van der Waals surface area contributed by atoms with Crippen molar-refractivity contribution in [3.05, 3.63) is 28.3 Å². The monoisotopic (exact) mass is 292 g/mol. The first-order valence-electron chi connectivity index (χ1n) is 7.71. The van der Waals surface area contributed by atoms with E-state index in [2.05, 4.69) is 12.2 Å². The second-order valence-corrected chi connectivity index (χ2v) is 5.79. The lowest BCUT2D eigenvalue weighted by Gasteiger charge is -2.28. The lowest BCUT2D eigenvalue weighted by atomic mass is 9.81. The van der Waals surface area contributed by atoms with Crippen LogP contribution in [-0.2, 0) is 0 Å². The average Bonchev–Trinajstić information content (AvgIpc) is 2.52. The molecular weight excluding hydrogens is 268 g/mol. The van der Waals surface area contributed by atoms with E-state index >= 15 is 0 Å². The summed E-state index contributed by atoms with van der Waals surface area (Å²) < 4.78 is 5.09. The highest BCUT2D eigenvalue weighted by Crippen LogP contribution is 2.36. The van der Waals surface area contributed by atoms with Crippen LogP contribution in [0.1, 0.15) is 39.0 Å². The predicted molar refractivity (Wildman–Crippen MR) is 83.9 cm³/mol. The summed E-state index contributed by atoms with van der Waals surface area (Å²) in [6.07, 6.45) is 6.25. The van der Waals surface area contributed by atoms with E-state index in [9.17, 15) is 10.1 Å². The molecule has 1 aromatic rings. The predicted octanol–water partition coefficient (Wildman–Crippen LogP) is 4.23. The molecule has 1 N–H and O–H groups in total. The molecule has 0 amide bonds. The van der Waals surface area contributed by atoms with Gasteiger partial charge in [-0.15, -0.1) is 0 Å². The van der Waals surface area contributed by atoms with Crippen molar-refractivity contribution in [3.8, 4) is 5.75 Å². The van der Waals surface area contributed by atoms with Gasteiger partial charge in [0.25, 0.3) is 0 Å². The maximum absolute atomic E-state index is 11.2. The van der Waals surface area contributed by atoms with Gasteiger partial charge in [-0.2, -0.15) is 0 Å². The number of nitro benzene ring substituents is 1. The van der Waals surface area contributed by atoms with Crippen LogP contribution in [0.4, 0.5) is 11.4 Å². The van der Waals surface area contributed by atoms with Gasteiger partial charge in [-0.3, -0.25) is 10.1 Å². The molecule has 0 bridgehead atoms. The van der Waals surface area contributed by atoms with E-state index in [0.717, 1.165) is 12.5 Å². The van der Waals surface area contributed by atoms with E-state index in [0.29, 0.717) is 17.4 Å². The normalized spacial score (nSPS) is 21.8. The topological polar surface area (TPSA) is 64.4 Å². The van der Waals surface area contributed by atoms with Crippen molar-refractivity contribution in [3.63, 3.8) is 0 Å². The van der Waals surface area contributed by atoms with Crippen LogP contribution in [0.2, 0.25) is 0 Å². The second-order valence-electron chi connectivity index (χ2n) is 5.79. The molecule has 5 heteroatoms. The van der Waals surface area contributed by atoms with Crippen LogP contribution in [0, 0.1) is 22.0 Å². The van der Waals surface area contributed by atoms with Gasteiger partial charge in [-0.05, 0) is 36.8 Å². The summed E-state index contributed by atoms with van der Waals surface area (Å²) in [5, 5.41) is 14.5. The van der Waals surface area contributed by atoms with Gasteiger partial charge in [-0.25, -0.2) is 0 Å². The third kappa shape index (κ3) is 3.86. The number of para-hydroxylation sites is 1. The van der Waals surface area contributed by atoms with Gasteiger partial charge >= 0.3 is 5.69 Å². The molecule has 0 spiro atoms. The van der Waals surface area contributed by atoms with Crippen molar-refractivity contribution >= 4 is 11.4 Å². The van der Waals surface area contributed by atoms with Crippen molar-refractivity contribution in [1.29, 1.82) is 0 Å². The minimum Gasteiger partial charge on any atom is -0.490 e. The lowest BCUT2D eigenvalue weighted by Crippen LogP contribution is -2.21. The SMILES string of the molecule is CCC1CCC(CNc2cccc(OC)c2[N+](=O)[O-])CC1. The van der Waals surface area contributed by atoms with Crippen LogP contribution < -0.4 is 10.1 Å². The average molecular weight is 292 g/mol. The molecule has 0 radical (unpaired) electrons. The molecule has 0 aliphatic heterocycles. The van der Waals surface area contributed by atoms with Gasteiger partial charge in [0.1, 0.15) is 5.69 Å². The van der Waals surface area contributed by atoms with Crippen LogP contribution in [0.15, 0.2) is 18.2 Å². The zero-order chi connectivity index (χ0) is 15.2. The smallest absolute Gasteiger partial charge is 0.333 e. The standard InChI is InChI=1S/C16H24N2O3/c1-3-12-7-9-13(10-8-12)11-17-14-5-4-6-15(21-2)16(14)18(19)20/h4-6,12-13,17H,3,7-11H2,1-2H3. The van der Waals surface area contributed by atoms with Crippen molar-refractivity contribution in [2.24, 2.45) is 11.8 Å². The number of benzene rings is 1. The van der Waals surface area contributed by atoms with E-state index in [-0.39, 0.29) is 10.6 Å². The quantitative estimate of drug-likeness (QED) is 0.629. The van der Waals surface area contributed by atoms with Crippen LogP contribution in [0.5, 0.6) is 5.75 Å². The maximum Gasteiger partial charge on any atom is 0.333 e. The summed E-state index contributed by atoms with van der Waals surface area (Å²) in [7, 11) is 1.46. The van der Waals surface area contributed by atoms with Gasteiger partial charge in [0.15, 0.2) is 5.75 Å². The molecular formula is C16H24N2O3. The Morgan fingerprint density at radius 1 is 1.29 bits per heavy atom. The van der Waals surface area contributed by atoms with Crippen LogP contribution in [0.3, 0.4) is 0 Å². The summed E-state index contributed by atoms with van der Waals surface area (Å²) in [4.78, 5) is 10.8. The van der Waals surface area contributed by atoms with E-state index in [4.69, 9.17) is 4.74 Å². The fourth-order valence-corrected chi connectivity index (χ4v) is 3.12. The minimum atomic E-state index is -0.380. The van der Waals surface area contributed by atoms with Crippen LogP contribution in [-0.4, -0.2) is 18.6 Å². The summed E-state index contributed by atoms with van der Waals surface area (Å²) >= 11 is 0. The number of nitrogens with zero attached hydrogens (tertiary/aromatic N) is 1. The molecule has 1 fully saturated rings. The third-order valence-corrected chi connectivity index (χ3v) is 4.53. The largest absolute Gasteiger partial charge is 0.490 e. The van der Waals surface area contributed by atoms with Gasteiger partial charge in [-0.1, -0.05) is 32.3 Å². The first-order chi connectivity index (χ1) is 10.2. The number of rotatable bonds is 6. The molecule has 21 heavy (non-hydrogen) atoms. The summed E-state index contributed by atoms with van der Waals surface area (Å²) in [5.41, 5.74) is 0.583. The Bertz CT molecular complexity index is 482. The zero-order valence-corrected chi connectivity index (χ0v) is 12.8. The lowest BCUT2D eigenvalue weighted by molar-refractivity contribution is -0.384. The Morgan fingerprint density at radius 3 is 2.52 bits per heavy atom. The molecule has 116 valence electrons. The van der Waals surface area contributed by atoms with E-state index in [1.54, 1.807) is 18.2 Å². The Hall–Kier alpha value is -1.78. The third-order valence-electron chi connectivity index (χ3n) is 4.53. The van der Waals surface area contributed by atoms with Gasteiger partial charge < -0.3 is 10.1 Å². The Balaban J connectivity index is 1.99. The molecule has 0 unspecified atom stereocenters. The highest BCUT2D eigenvalue weighted by Gasteiger charge is 2.23. The zero-order valence-electron chi connectivity index (χ0n) is 12.8. The van der Waals surface area contributed by atoms with E-state index in [1.807, 2.05) is 0 Å². The number of ether oxygens (including phenoxy) is 1. The molecule has 1 saturated carbocycles. The highest BCUT2D eigenvalue weighted by molar-refractivity contribution is 5.68. The van der Waals surface area contributed by atoms with E-state index in [1.165, 1.54) is 39.2 Å². The Morgan fingerprint density at radius 2 is 1.95 bits per heavy atom. The fourth-order valence-electron chi connectivity index (χ4n) is 3.12. The van der Waals surface area contributed by atoms with Crippen molar-refractivity contribution in [2.75, 3.05) is 19.0 Å². The molecule has 1 aromatic carbocycles. The Labute approximate surface area is 125 Å². The molecule has 0 heterocycles. The van der Waals surface area contributed by atoms with Gasteiger partial charge in [0, 0.05) is 6.54 Å². The summed E-state index contributed by atoms with van der Waals surface area (Å²) in [6.45, 7) is 3.05. The fraction of sp³-hybridized carbons (Fsp3) is 0.625. The molecule has 5 nitrogen and oxygen atoms in total. The van der Waals surface area contributed by atoms with Crippen molar-refractivity contribution in [1.82, 2.24) is 0 Å². The number of anilines is 1. The molecule has 0 atom stereocenters. The number of methoxy groups -OCH3 is 1. The number of nitro groups is 1. The Kier molecular flexibility index (Phi) is 5.42. The van der Waals surface area contributed by atoms with E-state index < -0.39 is 0 Å². The molecule has 0 saturated heterocycles. The maximum atomic E-state index is 11.2. The molecule has 2 rings (SSSR count). The van der Waals surface area contributed by atoms with Gasteiger partial charge in [0.2, 0.25) is 0 Å². The highest BCUT2D eigenvalue weighted by atomic mass is 16.6. The van der Waals surface area contributed by atoms with Gasteiger partial charge in [0.05, 0.1) is 12.0 Å². The molecule has 1 aliphatic carbocycles. The van der Waals surface area contributed by atoms with Crippen LogP contribution in [0.25, 0.3) is 0 Å². The van der Waals surface area contributed by atoms with Crippen molar-refractivity contribution in [2.45, 2.75) is 39.0 Å². The molecule has 0 aromatic heterocycles. The van der Waals surface area contributed by atoms with Crippen LogP contribution >= 0.6 is 0 Å². The minimum absolute atomic E-state index is 0.0299. The second kappa shape index (κ2) is 7.29. The first-order valence-corrected chi connectivity index (χ1v) is 7.71. The summed E-state index contributed by atoms with van der Waals surface area (Å²) in [5.74, 6) is 1.78. The first kappa shape index (κ1) is 15.6. The molecule has 1 aliphatic rings. The summed E-state index contributed by atoms with van der Waals surface area (Å²) in [6, 6.07) is 5.15. The van der Waals surface area contributed by atoms with Crippen molar-refractivity contribution < 1.29 is 9.66 Å².